The molecule has 1 aliphatic heterocycles. The van der Waals surface area contributed by atoms with Crippen molar-refractivity contribution in [2.45, 2.75) is 20.0 Å². The van der Waals surface area contributed by atoms with Crippen molar-refractivity contribution in [2.24, 2.45) is 5.10 Å². The van der Waals surface area contributed by atoms with E-state index in [1.54, 1.807) is 24.4 Å². The molecule has 1 aliphatic rings. The van der Waals surface area contributed by atoms with E-state index in [-0.39, 0.29) is 18.8 Å². The zero-order chi connectivity index (χ0) is 19.5. The molecule has 0 bridgehead atoms. The Hall–Kier alpha value is -3.54. The molecule has 3 aromatic rings. The molecule has 0 spiro atoms. The summed E-state index contributed by atoms with van der Waals surface area (Å²) in [5, 5.41) is 6.23. The van der Waals surface area contributed by atoms with Crippen LogP contribution in [-0.2, 0) is 0 Å². The largest absolute Gasteiger partial charge is 0.490 e. The molecule has 1 amide bonds. The number of benzene rings is 3. The quantitative estimate of drug-likeness (QED) is 0.537. The third kappa shape index (κ3) is 3.62. The maximum Gasteiger partial charge on any atom is 0.271 e. The molecule has 1 heterocycles. The number of hydrogen-bond donors (Lipinski definition) is 1. The molecule has 0 saturated carbocycles. The van der Waals surface area contributed by atoms with E-state index in [2.05, 4.69) is 10.5 Å². The monoisotopic (exact) mass is 376 g/mol. The highest BCUT2D eigenvalue weighted by molar-refractivity contribution is 6.03. The first-order chi connectivity index (χ1) is 13.6. The SMILES string of the molecule is CC(C)Oc1ccc2ccccc2c1/C=N\NC(=O)c1ccc2c(c1)OCO2. The first-order valence-corrected chi connectivity index (χ1v) is 9.03. The second kappa shape index (κ2) is 7.60. The minimum absolute atomic E-state index is 0.0246. The molecule has 3 aromatic carbocycles. The molecule has 6 nitrogen and oxygen atoms in total. The number of hydrogen-bond acceptors (Lipinski definition) is 5. The van der Waals surface area contributed by atoms with Crippen LogP contribution in [0.3, 0.4) is 0 Å². The highest BCUT2D eigenvalue weighted by Crippen LogP contribution is 2.32. The first kappa shape index (κ1) is 17.9. The minimum Gasteiger partial charge on any atom is -0.490 e. The van der Waals surface area contributed by atoms with Crippen LogP contribution in [0.4, 0.5) is 0 Å². The van der Waals surface area contributed by atoms with Crippen molar-refractivity contribution in [3.8, 4) is 17.2 Å². The van der Waals surface area contributed by atoms with Gasteiger partial charge in [0.25, 0.3) is 5.91 Å². The molecule has 6 heteroatoms. The van der Waals surface area contributed by atoms with Gasteiger partial charge in [-0.3, -0.25) is 4.79 Å². The Labute approximate surface area is 162 Å². The number of amides is 1. The number of carbonyl (C=O) groups excluding carboxylic acids is 1. The molecule has 0 aromatic heterocycles. The van der Waals surface area contributed by atoms with Gasteiger partial charge < -0.3 is 14.2 Å². The summed E-state index contributed by atoms with van der Waals surface area (Å²) in [6.07, 6.45) is 1.64. The van der Waals surface area contributed by atoms with Crippen molar-refractivity contribution in [3.05, 3.63) is 65.7 Å². The van der Waals surface area contributed by atoms with Gasteiger partial charge in [0.05, 0.1) is 12.3 Å². The van der Waals surface area contributed by atoms with Gasteiger partial charge in [-0.2, -0.15) is 5.10 Å². The maximum atomic E-state index is 12.4. The zero-order valence-electron chi connectivity index (χ0n) is 15.6. The van der Waals surface area contributed by atoms with Crippen LogP contribution < -0.4 is 19.6 Å². The molecule has 28 heavy (non-hydrogen) atoms. The summed E-state index contributed by atoms with van der Waals surface area (Å²) in [5.74, 6) is 1.57. The average Bonchev–Trinajstić information content (AvgIpc) is 3.16. The van der Waals surface area contributed by atoms with E-state index >= 15 is 0 Å². The van der Waals surface area contributed by atoms with Gasteiger partial charge in [0.15, 0.2) is 11.5 Å². The van der Waals surface area contributed by atoms with Crippen molar-refractivity contribution < 1.29 is 19.0 Å². The Morgan fingerprint density at radius 3 is 2.79 bits per heavy atom. The van der Waals surface area contributed by atoms with Crippen molar-refractivity contribution in [2.75, 3.05) is 6.79 Å². The molecule has 0 fully saturated rings. The molecule has 0 unspecified atom stereocenters. The smallest absolute Gasteiger partial charge is 0.271 e. The summed E-state index contributed by atoms with van der Waals surface area (Å²) in [5.41, 5.74) is 3.82. The number of nitrogens with zero attached hydrogens (tertiary/aromatic N) is 1. The summed E-state index contributed by atoms with van der Waals surface area (Å²) in [7, 11) is 0. The number of rotatable bonds is 5. The Balaban J connectivity index is 1.58. The lowest BCUT2D eigenvalue weighted by atomic mass is 10.0. The van der Waals surface area contributed by atoms with Crippen LogP contribution in [-0.4, -0.2) is 25.0 Å². The predicted octanol–water partition coefficient (Wildman–Crippen LogP) is 4.12. The second-order valence-corrected chi connectivity index (χ2v) is 6.63. The molecule has 1 N–H and O–H groups in total. The van der Waals surface area contributed by atoms with Crippen LogP contribution in [0.15, 0.2) is 59.7 Å². The van der Waals surface area contributed by atoms with Crippen molar-refractivity contribution in [3.63, 3.8) is 0 Å². The minimum atomic E-state index is -0.332. The zero-order valence-corrected chi connectivity index (χ0v) is 15.6. The third-order valence-corrected chi connectivity index (χ3v) is 4.29. The van der Waals surface area contributed by atoms with Crippen LogP contribution >= 0.6 is 0 Å². The normalized spacial score (nSPS) is 12.7. The van der Waals surface area contributed by atoms with Gasteiger partial charge in [0.1, 0.15) is 5.75 Å². The Kier molecular flexibility index (Phi) is 4.85. The summed E-state index contributed by atoms with van der Waals surface area (Å²) in [4.78, 5) is 12.4. The van der Waals surface area contributed by atoms with Gasteiger partial charge in [-0.25, -0.2) is 5.43 Å². The van der Waals surface area contributed by atoms with Crippen LogP contribution in [0.25, 0.3) is 10.8 Å². The number of ether oxygens (including phenoxy) is 3. The van der Waals surface area contributed by atoms with E-state index in [9.17, 15) is 4.79 Å². The van der Waals surface area contributed by atoms with Gasteiger partial charge in [0.2, 0.25) is 6.79 Å². The van der Waals surface area contributed by atoms with E-state index in [1.807, 2.05) is 50.2 Å². The summed E-state index contributed by atoms with van der Waals surface area (Å²) in [6.45, 7) is 4.10. The van der Waals surface area contributed by atoms with Gasteiger partial charge in [0, 0.05) is 11.1 Å². The lowest BCUT2D eigenvalue weighted by Crippen LogP contribution is -2.17. The number of hydrazone groups is 1. The summed E-state index contributed by atoms with van der Waals surface area (Å²) >= 11 is 0. The Morgan fingerprint density at radius 2 is 1.93 bits per heavy atom. The van der Waals surface area contributed by atoms with E-state index in [1.165, 1.54) is 0 Å². The third-order valence-electron chi connectivity index (χ3n) is 4.29. The van der Waals surface area contributed by atoms with E-state index in [4.69, 9.17) is 14.2 Å². The standard InChI is InChI=1S/C22H20N2O4/c1-14(2)28-19-9-7-15-5-3-4-6-17(15)18(19)12-23-24-22(25)16-8-10-20-21(11-16)27-13-26-20/h3-12,14H,13H2,1-2H3,(H,24,25)/b23-12-. The van der Waals surface area contributed by atoms with Crippen LogP contribution in [0.2, 0.25) is 0 Å². The van der Waals surface area contributed by atoms with Crippen LogP contribution in [0.5, 0.6) is 17.2 Å². The van der Waals surface area contributed by atoms with Crippen molar-refractivity contribution >= 4 is 22.9 Å². The molecular formula is C22H20N2O4. The number of fused-ring (bicyclic) bond motifs is 2. The molecular weight excluding hydrogens is 356 g/mol. The first-order valence-electron chi connectivity index (χ1n) is 9.03. The van der Waals surface area contributed by atoms with E-state index in [0.29, 0.717) is 17.1 Å². The fraction of sp³-hybridized carbons (Fsp3) is 0.182. The molecule has 4 rings (SSSR count). The second-order valence-electron chi connectivity index (χ2n) is 6.63. The molecule has 0 saturated heterocycles. The molecule has 0 atom stereocenters. The van der Waals surface area contributed by atoms with Gasteiger partial charge in [-0.15, -0.1) is 0 Å². The number of nitrogens with one attached hydrogen (secondary N) is 1. The van der Waals surface area contributed by atoms with Gasteiger partial charge >= 0.3 is 0 Å². The van der Waals surface area contributed by atoms with Crippen molar-refractivity contribution in [1.82, 2.24) is 5.43 Å². The van der Waals surface area contributed by atoms with Gasteiger partial charge in [-0.05, 0) is 48.9 Å². The number of carbonyl (C=O) groups is 1. The van der Waals surface area contributed by atoms with Crippen LogP contribution in [0, 0.1) is 0 Å². The lowest BCUT2D eigenvalue weighted by Gasteiger charge is -2.14. The highest BCUT2D eigenvalue weighted by atomic mass is 16.7. The van der Waals surface area contributed by atoms with E-state index in [0.717, 1.165) is 22.1 Å². The Morgan fingerprint density at radius 1 is 1.11 bits per heavy atom. The van der Waals surface area contributed by atoms with E-state index < -0.39 is 0 Å². The highest BCUT2D eigenvalue weighted by Gasteiger charge is 2.16. The molecule has 0 radical (unpaired) electrons. The summed E-state index contributed by atoms with van der Waals surface area (Å²) in [6, 6.07) is 16.9. The fourth-order valence-corrected chi connectivity index (χ4v) is 3.02. The average molecular weight is 376 g/mol. The maximum absolute atomic E-state index is 12.4. The van der Waals surface area contributed by atoms with Crippen molar-refractivity contribution in [1.29, 1.82) is 0 Å². The molecule has 142 valence electrons. The molecule has 0 aliphatic carbocycles. The van der Waals surface area contributed by atoms with Crippen LogP contribution in [0.1, 0.15) is 29.8 Å². The topological polar surface area (TPSA) is 69.2 Å². The summed E-state index contributed by atoms with van der Waals surface area (Å²) < 4.78 is 16.5. The fourth-order valence-electron chi connectivity index (χ4n) is 3.02. The Bertz CT molecular complexity index is 1060. The predicted molar refractivity (Wildman–Crippen MR) is 107 cm³/mol. The van der Waals surface area contributed by atoms with Gasteiger partial charge in [-0.1, -0.05) is 30.3 Å². The lowest BCUT2D eigenvalue weighted by molar-refractivity contribution is 0.0954.